The van der Waals surface area contributed by atoms with Crippen LogP contribution in [0.5, 0.6) is 0 Å². The van der Waals surface area contributed by atoms with E-state index >= 15 is 0 Å². The topological polar surface area (TPSA) is 61.5 Å². The average molecular weight is 215 g/mol. The lowest BCUT2D eigenvalue weighted by molar-refractivity contribution is -0.147. The van der Waals surface area contributed by atoms with Gasteiger partial charge in [-0.05, 0) is 32.1 Å². The van der Waals surface area contributed by atoms with Crippen molar-refractivity contribution >= 4 is 5.97 Å². The Balaban J connectivity index is 2.44. The SMILES string of the molecule is CCOC(=O)[C@@H](N)[C@H]1CCO[C@H](CC)C1. The van der Waals surface area contributed by atoms with Crippen LogP contribution < -0.4 is 5.73 Å². The molecule has 0 unspecified atom stereocenters. The Hall–Kier alpha value is -0.610. The first-order chi connectivity index (χ1) is 7.19. The fourth-order valence-electron chi connectivity index (χ4n) is 1.95. The van der Waals surface area contributed by atoms with Crippen molar-refractivity contribution < 1.29 is 14.3 Å². The summed E-state index contributed by atoms with van der Waals surface area (Å²) in [6.07, 6.45) is 2.96. The number of esters is 1. The summed E-state index contributed by atoms with van der Waals surface area (Å²) in [6.45, 7) is 4.98. The van der Waals surface area contributed by atoms with Crippen LogP contribution in [-0.4, -0.2) is 31.3 Å². The third-order valence-electron chi connectivity index (χ3n) is 2.93. The number of carbonyl (C=O) groups excluding carboxylic acids is 1. The second kappa shape index (κ2) is 6.08. The van der Waals surface area contributed by atoms with E-state index in [2.05, 4.69) is 6.92 Å². The predicted octanol–water partition coefficient (Wildman–Crippen LogP) is 1.08. The van der Waals surface area contributed by atoms with Gasteiger partial charge in [0.05, 0.1) is 12.7 Å². The van der Waals surface area contributed by atoms with E-state index in [1.54, 1.807) is 6.92 Å². The molecule has 0 spiro atoms. The Morgan fingerprint density at radius 1 is 1.60 bits per heavy atom. The molecule has 4 heteroatoms. The molecule has 88 valence electrons. The van der Waals surface area contributed by atoms with Crippen LogP contribution in [-0.2, 0) is 14.3 Å². The lowest BCUT2D eigenvalue weighted by Gasteiger charge is -2.31. The summed E-state index contributed by atoms with van der Waals surface area (Å²) in [5.74, 6) is -0.0676. The predicted molar refractivity (Wildman–Crippen MR) is 57.4 cm³/mol. The van der Waals surface area contributed by atoms with E-state index in [1.807, 2.05) is 0 Å². The molecule has 0 aromatic rings. The van der Waals surface area contributed by atoms with Crippen LogP contribution in [0.15, 0.2) is 0 Å². The second-order valence-corrected chi connectivity index (χ2v) is 3.96. The number of carbonyl (C=O) groups is 1. The van der Waals surface area contributed by atoms with Crippen molar-refractivity contribution in [1.29, 1.82) is 0 Å². The lowest BCUT2D eigenvalue weighted by atomic mass is 9.88. The van der Waals surface area contributed by atoms with E-state index in [1.165, 1.54) is 0 Å². The minimum absolute atomic E-state index is 0.211. The maximum atomic E-state index is 11.4. The van der Waals surface area contributed by atoms with E-state index in [4.69, 9.17) is 15.2 Å². The van der Waals surface area contributed by atoms with Crippen LogP contribution in [0.25, 0.3) is 0 Å². The summed E-state index contributed by atoms with van der Waals surface area (Å²) in [5, 5.41) is 0. The average Bonchev–Trinajstić information content (AvgIpc) is 2.28. The highest BCUT2D eigenvalue weighted by Gasteiger charge is 2.30. The van der Waals surface area contributed by atoms with Crippen molar-refractivity contribution in [3.05, 3.63) is 0 Å². The highest BCUT2D eigenvalue weighted by Crippen LogP contribution is 2.24. The molecule has 0 amide bonds. The highest BCUT2D eigenvalue weighted by molar-refractivity contribution is 5.75. The van der Waals surface area contributed by atoms with Crippen LogP contribution in [0.3, 0.4) is 0 Å². The monoisotopic (exact) mass is 215 g/mol. The largest absolute Gasteiger partial charge is 0.465 e. The van der Waals surface area contributed by atoms with E-state index in [0.717, 1.165) is 19.3 Å². The first-order valence-corrected chi connectivity index (χ1v) is 5.72. The second-order valence-electron chi connectivity index (χ2n) is 3.96. The number of hydrogen-bond acceptors (Lipinski definition) is 4. The Labute approximate surface area is 91.1 Å². The Bertz CT molecular complexity index is 208. The highest BCUT2D eigenvalue weighted by atomic mass is 16.5. The van der Waals surface area contributed by atoms with Crippen molar-refractivity contribution in [2.75, 3.05) is 13.2 Å². The molecule has 1 aliphatic heterocycles. The van der Waals surface area contributed by atoms with Gasteiger partial charge in [-0.3, -0.25) is 4.79 Å². The van der Waals surface area contributed by atoms with Gasteiger partial charge in [0.2, 0.25) is 0 Å². The Morgan fingerprint density at radius 3 is 2.93 bits per heavy atom. The Morgan fingerprint density at radius 2 is 2.33 bits per heavy atom. The van der Waals surface area contributed by atoms with Gasteiger partial charge in [-0.15, -0.1) is 0 Å². The number of hydrogen-bond donors (Lipinski definition) is 1. The zero-order valence-electron chi connectivity index (χ0n) is 9.57. The molecule has 1 rings (SSSR count). The molecule has 0 aliphatic carbocycles. The lowest BCUT2D eigenvalue weighted by Crippen LogP contribution is -2.43. The van der Waals surface area contributed by atoms with Crippen LogP contribution in [0.4, 0.5) is 0 Å². The van der Waals surface area contributed by atoms with Crippen LogP contribution >= 0.6 is 0 Å². The van der Waals surface area contributed by atoms with Crippen LogP contribution in [0.1, 0.15) is 33.1 Å². The molecule has 0 aromatic heterocycles. The first-order valence-electron chi connectivity index (χ1n) is 5.72. The van der Waals surface area contributed by atoms with Gasteiger partial charge >= 0.3 is 5.97 Å². The van der Waals surface area contributed by atoms with E-state index in [9.17, 15) is 4.79 Å². The molecule has 3 atom stereocenters. The fourth-order valence-corrected chi connectivity index (χ4v) is 1.95. The molecule has 4 nitrogen and oxygen atoms in total. The van der Waals surface area contributed by atoms with Gasteiger partial charge in [0.15, 0.2) is 0 Å². The standard InChI is InChI=1S/C11H21NO3/c1-3-9-7-8(5-6-15-9)10(12)11(13)14-4-2/h8-10H,3-7,12H2,1-2H3/t8-,9+,10-/m0/s1. The van der Waals surface area contributed by atoms with Crippen molar-refractivity contribution in [2.24, 2.45) is 11.7 Å². The molecule has 1 fully saturated rings. The van der Waals surface area contributed by atoms with Gasteiger partial charge in [-0.25, -0.2) is 0 Å². The molecule has 0 radical (unpaired) electrons. The normalized spacial score (nSPS) is 28.5. The summed E-state index contributed by atoms with van der Waals surface area (Å²) in [5.41, 5.74) is 5.86. The van der Waals surface area contributed by atoms with E-state index < -0.39 is 6.04 Å². The van der Waals surface area contributed by atoms with Crippen LogP contribution in [0, 0.1) is 5.92 Å². The summed E-state index contributed by atoms with van der Waals surface area (Å²) >= 11 is 0. The quantitative estimate of drug-likeness (QED) is 0.713. The molecular weight excluding hydrogens is 194 g/mol. The summed E-state index contributed by atoms with van der Waals surface area (Å²) in [6, 6.07) is -0.483. The molecule has 1 aliphatic rings. The van der Waals surface area contributed by atoms with Crippen molar-refractivity contribution in [1.82, 2.24) is 0 Å². The smallest absolute Gasteiger partial charge is 0.323 e. The fraction of sp³-hybridized carbons (Fsp3) is 0.909. The molecule has 1 heterocycles. The third kappa shape index (κ3) is 3.47. The minimum Gasteiger partial charge on any atom is -0.465 e. The maximum Gasteiger partial charge on any atom is 0.323 e. The van der Waals surface area contributed by atoms with Gasteiger partial charge in [-0.2, -0.15) is 0 Å². The third-order valence-corrected chi connectivity index (χ3v) is 2.93. The molecule has 2 N–H and O–H groups in total. The minimum atomic E-state index is -0.483. The molecule has 0 bridgehead atoms. The van der Waals surface area contributed by atoms with Crippen molar-refractivity contribution in [2.45, 2.75) is 45.3 Å². The van der Waals surface area contributed by atoms with E-state index in [-0.39, 0.29) is 18.0 Å². The van der Waals surface area contributed by atoms with Gasteiger partial charge < -0.3 is 15.2 Å². The van der Waals surface area contributed by atoms with E-state index in [0.29, 0.717) is 13.2 Å². The molecule has 0 aromatic carbocycles. The maximum absolute atomic E-state index is 11.4. The number of ether oxygens (including phenoxy) is 2. The molecule has 1 saturated heterocycles. The van der Waals surface area contributed by atoms with Gasteiger partial charge in [-0.1, -0.05) is 6.92 Å². The summed E-state index contributed by atoms with van der Waals surface area (Å²) < 4.78 is 10.5. The summed E-state index contributed by atoms with van der Waals surface area (Å²) in [4.78, 5) is 11.4. The number of rotatable bonds is 4. The molecule has 15 heavy (non-hydrogen) atoms. The summed E-state index contributed by atoms with van der Waals surface area (Å²) in [7, 11) is 0. The van der Waals surface area contributed by atoms with Gasteiger partial charge in [0, 0.05) is 6.61 Å². The van der Waals surface area contributed by atoms with Gasteiger partial charge in [0.1, 0.15) is 6.04 Å². The van der Waals surface area contributed by atoms with Crippen molar-refractivity contribution in [3.8, 4) is 0 Å². The van der Waals surface area contributed by atoms with Crippen LogP contribution in [0.2, 0.25) is 0 Å². The van der Waals surface area contributed by atoms with Gasteiger partial charge in [0.25, 0.3) is 0 Å². The molecular formula is C11H21NO3. The Kier molecular flexibility index (Phi) is 5.05. The van der Waals surface area contributed by atoms with Crippen molar-refractivity contribution in [3.63, 3.8) is 0 Å². The molecule has 0 saturated carbocycles. The zero-order chi connectivity index (χ0) is 11.3. The number of nitrogens with two attached hydrogens (primary N) is 1. The first kappa shape index (κ1) is 12.5. The zero-order valence-corrected chi connectivity index (χ0v) is 9.57.